The molecule has 0 aromatic carbocycles. The van der Waals surface area contributed by atoms with Crippen molar-refractivity contribution < 1.29 is 9.53 Å². The van der Waals surface area contributed by atoms with Crippen LogP contribution in [0.15, 0.2) is 0 Å². The zero-order chi connectivity index (χ0) is 16.5. The van der Waals surface area contributed by atoms with Crippen molar-refractivity contribution in [2.24, 2.45) is 0 Å². The number of hydrogen-bond acceptors (Lipinski definition) is 2. The summed E-state index contributed by atoms with van der Waals surface area (Å²) in [5, 5.41) is 0. The molecule has 0 aromatic rings. The summed E-state index contributed by atoms with van der Waals surface area (Å²) in [6.45, 7) is 2.26. The van der Waals surface area contributed by atoms with Crippen molar-refractivity contribution in [1.29, 1.82) is 0 Å². The number of esters is 1. The maximum atomic E-state index is 11.5. The molecule has 0 radical (unpaired) electrons. The number of halogens is 2. The summed E-state index contributed by atoms with van der Waals surface area (Å²) in [6.07, 6.45) is 15.7. The normalized spacial score (nSPS) is 11.1. The summed E-state index contributed by atoms with van der Waals surface area (Å²) in [5.74, 6) is 0.375. The third kappa shape index (κ3) is 15.0. The van der Waals surface area contributed by atoms with Gasteiger partial charge in [-0.1, -0.05) is 77.6 Å². The van der Waals surface area contributed by atoms with Crippen LogP contribution in [0.4, 0.5) is 0 Å². The van der Waals surface area contributed by atoms with Gasteiger partial charge in [-0.2, -0.15) is 0 Å². The van der Waals surface area contributed by atoms with Crippen LogP contribution in [0.3, 0.4) is 0 Å². The summed E-state index contributed by atoms with van der Waals surface area (Å²) in [6, 6.07) is 0. The number of carbonyl (C=O) groups is 1. The first-order valence-corrected chi connectivity index (χ1v) is 10.1. The number of hydrogen-bond donors (Lipinski definition) is 0. The first-order valence-electron chi connectivity index (χ1n) is 9.06. The average molecular weight is 353 g/mol. The molecule has 0 atom stereocenters. The molecule has 22 heavy (non-hydrogen) atoms. The lowest BCUT2D eigenvalue weighted by atomic mass is 10.0. The Hall–Kier alpha value is 0.0500. The van der Waals surface area contributed by atoms with Gasteiger partial charge in [-0.05, 0) is 6.42 Å². The van der Waals surface area contributed by atoms with Crippen LogP contribution in [0.25, 0.3) is 0 Å². The number of rotatable bonds is 16. The molecule has 0 saturated heterocycles. The molecule has 0 N–H and O–H groups in total. The predicted molar refractivity (Wildman–Crippen MR) is 97.0 cm³/mol. The van der Waals surface area contributed by atoms with Crippen molar-refractivity contribution in [1.82, 2.24) is 0 Å². The second-order valence-corrected chi connectivity index (χ2v) is 6.68. The molecule has 0 spiro atoms. The second-order valence-electron chi connectivity index (χ2n) is 6.06. The third-order valence-electron chi connectivity index (χ3n) is 3.88. The van der Waals surface area contributed by atoms with Crippen molar-refractivity contribution in [2.45, 2.75) is 96.5 Å². The Morgan fingerprint density at radius 2 is 1.18 bits per heavy atom. The van der Waals surface area contributed by atoms with Crippen LogP contribution in [-0.2, 0) is 9.53 Å². The summed E-state index contributed by atoms with van der Waals surface area (Å²) < 4.78 is 5.15. The van der Waals surface area contributed by atoms with Crippen LogP contribution in [0, 0.1) is 0 Å². The van der Waals surface area contributed by atoms with E-state index in [2.05, 4.69) is 6.92 Å². The zero-order valence-corrected chi connectivity index (χ0v) is 15.8. The molecule has 0 aliphatic rings. The Morgan fingerprint density at radius 3 is 1.59 bits per heavy atom. The molecule has 2 nitrogen and oxygen atoms in total. The van der Waals surface area contributed by atoms with Gasteiger partial charge < -0.3 is 4.74 Å². The highest BCUT2D eigenvalue weighted by molar-refractivity contribution is 6.21. The van der Waals surface area contributed by atoms with E-state index in [1.54, 1.807) is 0 Å². The van der Waals surface area contributed by atoms with Crippen LogP contribution in [0.5, 0.6) is 0 Å². The molecule has 0 heterocycles. The van der Waals surface area contributed by atoms with Crippen LogP contribution in [0.1, 0.15) is 90.4 Å². The molecule has 0 aromatic heterocycles. The lowest BCUT2D eigenvalue weighted by Gasteiger charge is -2.11. The fourth-order valence-corrected chi connectivity index (χ4v) is 2.92. The second kappa shape index (κ2) is 17.4. The summed E-state index contributed by atoms with van der Waals surface area (Å²) >= 11 is 11.3. The van der Waals surface area contributed by atoms with Crippen molar-refractivity contribution in [3.63, 3.8) is 0 Å². The van der Waals surface area contributed by atoms with Gasteiger partial charge in [-0.25, -0.2) is 0 Å². The van der Waals surface area contributed by atoms with E-state index in [0.717, 1.165) is 12.8 Å². The van der Waals surface area contributed by atoms with Gasteiger partial charge in [0.1, 0.15) is 6.10 Å². The van der Waals surface area contributed by atoms with E-state index in [0.29, 0.717) is 6.42 Å². The number of ether oxygens (including phenoxy) is 1. The van der Waals surface area contributed by atoms with Crippen LogP contribution in [-0.4, -0.2) is 23.8 Å². The van der Waals surface area contributed by atoms with Gasteiger partial charge in [0.05, 0.1) is 11.8 Å². The Bertz CT molecular complexity index is 243. The van der Waals surface area contributed by atoms with Gasteiger partial charge in [-0.3, -0.25) is 4.79 Å². The van der Waals surface area contributed by atoms with Gasteiger partial charge in [0, 0.05) is 6.42 Å². The maximum absolute atomic E-state index is 11.5. The minimum Gasteiger partial charge on any atom is -0.460 e. The highest BCUT2D eigenvalue weighted by atomic mass is 35.5. The van der Waals surface area contributed by atoms with Crippen LogP contribution >= 0.6 is 23.2 Å². The summed E-state index contributed by atoms with van der Waals surface area (Å²) in [4.78, 5) is 11.5. The summed E-state index contributed by atoms with van der Waals surface area (Å²) in [7, 11) is 0. The molecule has 0 rings (SSSR count). The van der Waals surface area contributed by atoms with E-state index < -0.39 is 0 Å². The lowest BCUT2D eigenvalue weighted by Crippen LogP contribution is -2.21. The lowest BCUT2D eigenvalue weighted by molar-refractivity contribution is -0.147. The maximum Gasteiger partial charge on any atom is 0.306 e. The molecule has 0 aliphatic carbocycles. The molecule has 0 unspecified atom stereocenters. The number of unbranched alkanes of at least 4 members (excludes halogenated alkanes) is 11. The number of alkyl halides is 2. The SMILES string of the molecule is CCCCCCCCCCCCCCC(=O)OC(CCl)CCl. The van der Waals surface area contributed by atoms with Gasteiger partial charge in [0.25, 0.3) is 0 Å². The Labute approximate surface area is 147 Å². The summed E-state index contributed by atoms with van der Waals surface area (Å²) in [5.41, 5.74) is 0. The van der Waals surface area contributed by atoms with Crippen molar-refractivity contribution >= 4 is 29.2 Å². The van der Waals surface area contributed by atoms with Gasteiger partial charge in [0.15, 0.2) is 0 Å². The highest BCUT2D eigenvalue weighted by Crippen LogP contribution is 2.13. The van der Waals surface area contributed by atoms with Gasteiger partial charge in [0.2, 0.25) is 0 Å². The highest BCUT2D eigenvalue weighted by Gasteiger charge is 2.11. The van der Waals surface area contributed by atoms with Crippen molar-refractivity contribution in [3.8, 4) is 0 Å². The average Bonchev–Trinajstić information content (AvgIpc) is 2.53. The Kier molecular flexibility index (Phi) is 17.4. The fourth-order valence-electron chi connectivity index (χ4n) is 2.46. The third-order valence-corrected chi connectivity index (χ3v) is 4.57. The molecule has 4 heteroatoms. The van der Waals surface area contributed by atoms with Crippen molar-refractivity contribution in [3.05, 3.63) is 0 Å². The van der Waals surface area contributed by atoms with E-state index in [4.69, 9.17) is 27.9 Å². The Balaban J connectivity index is 3.21. The van der Waals surface area contributed by atoms with Gasteiger partial charge >= 0.3 is 5.97 Å². The van der Waals surface area contributed by atoms with Crippen LogP contribution in [0.2, 0.25) is 0 Å². The zero-order valence-electron chi connectivity index (χ0n) is 14.3. The topological polar surface area (TPSA) is 26.3 Å². The first-order chi connectivity index (χ1) is 10.7. The van der Waals surface area contributed by atoms with E-state index in [1.807, 2.05) is 0 Å². The molecule has 0 aliphatic heterocycles. The van der Waals surface area contributed by atoms with E-state index >= 15 is 0 Å². The monoisotopic (exact) mass is 352 g/mol. The minimum absolute atomic E-state index is 0.168. The quantitative estimate of drug-likeness (QED) is 0.181. The standard InChI is InChI=1S/C18H34Cl2O2/c1-2-3-4-5-6-7-8-9-10-11-12-13-14-18(21)22-17(15-19)16-20/h17H,2-16H2,1H3. The van der Waals surface area contributed by atoms with Crippen molar-refractivity contribution in [2.75, 3.05) is 11.8 Å². The molecule has 0 saturated carbocycles. The first kappa shape index (κ1) is 22.1. The number of carbonyl (C=O) groups excluding carboxylic acids is 1. The molecule has 0 amide bonds. The predicted octanol–water partition coefficient (Wildman–Crippen LogP) is 6.47. The fraction of sp³-hybridized carbons (Fsp3) is 0.944. The van der Waals surface area contributed by atoms with E-state index in [1.165, 1.54) is 64.2 Å². The molecule has 0 bridgehead atoms. The molecule has 132 valence electrons. The minimum atomic E-state index is -0.340. The molecular weight excluding hydrogens is 319 g/mol. The van der Waals surface area contributed by atoms with Gasteiger partial charge in [-0.15, -0.1) is 23.2 Å². The smallest absolute Gasteiger partial charge is 0.306 e. The van der Waals surface area contributed by atoms with Crippen LogP contribution < -0.4 is 0 Å². The molecule has 0 fully saturated rings. The van der Waals surface area contributed by atoms with E-state index in [-0.39, 0.29) is 23.8 Å². The Morgan fingerprint density at radius 1 is 0.773 bits per heavy atom. The van der Waals surface area contributed by atoms with E-state index in [9.17, 15) is 4.79 Å². The molecular formula is C18H34Cl2O2. The largest absolute Gasteiger partial charge is 0.460 e.